The van der Waals surface area contributed by atoms with Crippen LogP contribution in [0.25, 0.3) is 0 Å². The smallest absolute Gasteiger partial charge is 0.119 e. The molecule has 0 saturated carbocycles. The van der Waals surface area contributed by atoms with Crippen LogP contribution in [0.1, 0.15) is 30.0 Å². The third kappa shape index (κ3) is 2.82. The summed E-state index contributed by atoms with van der Waals surface area (Å²) in [7, 11) is 1.69. The predicted molar refractivity (Wildman–Crippen MR) is 76.9 cm³/mol. The van der Waals surface area contributed by atoms with E-state index in [0.29, 0.717) is 5.92 Å². The van der Waals surface area contributed by atoms with Gasteiger partial charge in [0.05, 0.1) is 32.5 Å². The van der Waals surface area contributed by atoms with Gasteiger partial charge in [0.25, 0.3) is 0 Å². The molecule has 0 aromatic heterocycles. The van der Waals surface area contributed by atoms with E-state index in [2.05, 4.69) is 12.1 Å². The van der Waals surface area contributed by atoms with Gasteiger partial charge in [-0.05, 0) is 42.5 Å². The van der Waals surface area contributed by atoms with E-state index in [9.17, 15) is 0 Å². The van der Waals surface area contributed by atoms with E-state index in [1.54, 1.807) is 7.11 Å². The van der Waals surface area contributed by atoms with Crippen molar-refractivity contribution in [2.24, 2.45) is 11.7 Å². The molecule has 110 valence electrons. The Kier molecular flexibility index (Phi) is 4.24. The molecule has 4 heteroatoms. The van der Waals surface area contributed by atoms with Crippen molar-refractivity contribution < 1.29 is 14.2 Å². The summed E-state index contributed by atoms with van der Waals surface area (Å²) in [6, 6.07) is 6.11. The van der Waals surface area contributed by atoms with E-state index in [4.69, 9.17) is 19.9 Å². The van der Waals surface area contributed by atoms with Crippen LogP contribution in [0.3, 0.4) is 0 Å². The van der Waals surface area contributed by atoms with Crippen molar-refractivity contribution in [3.05, 3.63) is 29.3 Å². The molecule has 1 aliphatic heterocycles. The number of hydrogen-bond donors (Lipinski definition) is 1. The lowest BCUT2D eigenvalue weighted by Gasteiger charge is -2.31. The van der Waals surface area contributed by atoms with Gasteiger partial charge in [-0.1, -0.05) is 6.07 Å². The number of benzene rings is 1. The second kappa shape index (κ2) is 6.12. The van der Waals surface area contributed by atoms with E-state index >= 15 is 0 Å². The Labute approximate surface area is 120 Å². The fraction of sp³-hybridized carbons (Fsp3) is 0.625. The van der Waals surface area contributed by atoms with Crippen LogP contribution in [-0.4, -0.2) is 33.0 Å². The van der Waals surface area contributed by atoms with Crippen molar-refractivity contribution in [1.29, 1.82) is 0 Å². The van der Waals surface area contributed by atoms with Crippen LogP contribution in [-0.2, 0) is 15.9 Å². The lowest BCUT2D eigenvalue weighted by molar-refractivity contribution is 0.00292. The summed E-state index contributed by atoms with van der Waals surface area (Å²) in [5.74, 6) is 1.44. The van der Waals surface area contributed by atoms with E-state index in [1.165, 1.54) is 11.1 Å². The molecule has 2 N–H and O–H groups in total. The summed E-state index contributed by atoms with van der Waals surface area (Å²) in [4.78, 5) is 0. The second-order valence-corrected chi connectivity index (χ2v) is 5.73. The lowest BCUT2D eigenvalue weighted by Crippen LogP contribution is -2.35. The highest BCUT2D eigenvalue weighted by Crippen LogP contribution is 2.33. The quantitative estimate of drug-likeness (QED) is 0.915. The molecule has 0 spiro atoms. The molecule has 1 aromatic carbocycles. The minimum atomic E-state index is -0.0352. The summed E-state index contributed by atoms with van der Waals surface area (Å²) in [5, 5.41) is 0. The molecule has 4 nitrogen and oxygen atoms in total. The number of aryl methyl sites for hydroxylation is 1. The van der Waals surface area contributed by atoms with Gasteiger partial charge in [0, 0.05) is 12.5 Å². The molecule has 1 aromatic rings. The van der Waals surface area contributed by atoms with E-state index < -0.39 is 0 Å². The predicted octanol–water partition coefficient (Wildman–Crippen LogP) is 2.06. The van der Waals surface area contributed by atoms with Crippen LogP contribution in [0.15, 0.2) is 18.2 Å². The molecule has 1 saturated heterocycles. The van der Waals surface area contributed by atoms with Crippen molar-refractivity contribution in [2.75, 3.05) is 26.9 Å². The molecular weight excluding hydrogens is 254 g/mol. The number of nitrogens with two attached hydrogens (primary N) is 1. The molecule has 1 aliphatic carbocycles. The zero-order valence-corrected chi connectivity index (χ0v) is 12.0. The van der Waals surface area contributed by atoms with E-state index in [-0.39, 0.29) is 12.1 Å². The zero-order chi connectivity index (χ0) is 13.9. The molecule has 1 heterocycles. The van der Waals surface area contributed by atoms with Crippen molar-refractivity contribution in [1.82, 2.24) is 0 Å². The highest BCUT2D eigenvalue weighted by atomic mass is 16.5. The maximum atomic E-state index is 6.37. The maximum absolute atomic E-state index is 6.37. The summed E-state index contributed by atoms with van der Waals surface area (Å²) < 4.78 is 16.7. The van der Waals surface area contributed by atoms with Gasteiger partial charge in [-0.2, -0.15) is 0 Å². The van der Waals surface area contributed by atoms with Crippen molar-refractivity contribution in [3.63, 3.8) is 0 Å². The van der Waals surface area contributed by atoms with Gasteiger partial charge >= 0.3 is 0 Å². The van der Waals surface area contributed by atoms with E-state index in [0.717, 1.165) is 44.8 Å². The van der Waals surface area contributed by atoms with Gasteiger partial charge in [-0.25, -0.2) is 0 Å². The molecule has 0 bridgehead atoms. The third-order valence-corrected chi connectivity index (χ3v) is 4.38. The number of ether oxygens (including phenoxy) is 3. The van der Waals surface area contributed by atoms with E-state index in [1.807, 2.05) is 6.07 Å². The summed E-state index contributed by atoms with van der Waals surface area (Å²) in [6.45, 7) is 2.47. The third-order valence-electron chi connectivity index (χ3n) is 4.38. The summed E-state index contributed by atoms with van der Waals surface area (Å²) >= 11 is 0. The Morgan fingerprint density at radius 3 is 3.00 bits per heavy atom. The molecule has 1 fully saturated rings. The van der Waals surface area contributed by atoms with Gasteiger partial charge in [-0.15, -0.1) is 0 Å². The first kappa shape index (κ1) is 13.9. The molecular formula is C16H23NO3. The number of methoxy groups -OCH3 is 1. The zero-order valence-electron chi connectivity index (χ0n) is 12.0. The summed E-state index contributed by atoms with van der Waals surface area (Å²) in [5.41, 5.74) is 8.86. The normalized spacial score (nSPS) is 29.2. The minimum absolute atomic E-state index is 0.0352. The highest BCUT2D eigenvalue weighted by molar-refractivity contribution is 5.39. The standard InChI is InChI=1S/C16H23NO3/c1-18-13-3-4-14-12(8-13)2-5-15(16(14)17)20-10-11-6-7-19-9-11/h3-4,8,11,15-16H,2,5-7,9-10,17H2,1H3. The SMILES string of the molecule is COc1ccc2c(c1)CCC(OCC1CCOC1)C2N. The van der Waals surface area contributed by atoms with Crippen molar-refractivity contribution in [3.8, 4) is 5.75 Å². The molecule has 3 unspecified atom stereocenters. The van der Waals surface area contributed by atoms with Gasteiger partial charge < -0.3 is 19.9 Å². The first-order valence-electron chi connectivity index (χ1n) is 7.39. The molecule has 3 atom stereocenters. The van der Waals surface area contributed by atoms with Crippen LogP contribution in [0, 0.1) is 5.92 Å². The number of fused-ring (bicyclic) bond motifs is 1. The Balaban J connectivity index is 1.64. The second-order valence-electron chi connectivity index (χ2n) is 5.73. The highest BCUT2D eigenvalue weighted by Gasteiger charge is 2.28. The van der Waals surface area contributed by atoms with Crippen LogP contribution in [0.5, 0.6) is 5.75 Å². The molecule has 0 amide bonds. The van der Waals surface area contributed by atoms with Gasteiger partial charge in [0.1, 0.15) is 5.75 Å². The number of rotatable bonds is 4. The van der Waals surface area contributed by atoms with Crippen molar-refractivity contribution in [2.45, 2.75) is 31.4 Å². The van der Waals surface area contributed by atoms with Crippen LogP contribution >= 0.6 is 0 Å². The van der Waals surface area contributed by atoms with Gasteiger partial charge in [-0.3, -0.25) is 0 Å². The summed E-state index contributed by atoms with van der Waals surface area (Å²) in [6.07, 6.45) is 3.22. The first-order chi connectivity index (χ1) is 9.78. The molecule has 3 rings (SSSR count). The molecule has 0 radical (unpaired) electrons. The monoisotopic (exact) mass is 277 g/mol. The minimum Gasteiger partial charge on any atom is -0.497 e. The molecule has 2 aliphatic rings. The fourth-order valence-corrected chi connectivity index (χ4v) is 3.09. The Hall–Kier alpha value is -1.10. The van der Waals surface area contributed by atoms with Crippen molar-refractivity contribution >= 4 is 0 Å². The molecule has 20 heavy (non-hydrogen) atoms. The van der Waals surface area contributed by atoms with Crippen LogP contribution in [0.2, 0.25) is 0 Å². The van der Waals surface area contributed by atoms with Crippen LogP contribution < -0.4 is 10.5 Å². The number of hydrogen-bond acceptors (Lipinski definition) is 4. The average molecular weight is 277 g/mol. The van der Waals surface area contributed by atoms with Crippen LogP contribution in [0.4, 0.5) is 0 Å². The fourth-order valence-electron chi connectivity index (χ4n) is 3.09. The lowest BCUT2D eigenvalue weighted by atomic mass is 9.86. The van der Waals surface area contributed by atoms with Gasteiger partial charge in [0.15, 0.2) is 0 Å². The Bertz CT molecular complexity index is 457. The Morgan fingerprint density at radius 1 is 1.35 bits per heavy atom. The largest absolute Gasteiger partial charge is 0.497 e. The average Bonchev–Trinajstić information content (AvgIpc) is 2.99. The maximum Gasteiger partial charge on any atom is 0.119 e. The topological polar surface area (TPSA) is 53.7 Å². The van der Waals surface area contributed by atoms with Gasteiger partial charge in [0.2, 0.25) is 0 Å². The Morgan fingerprint density at radius 2 is 2.25 bits per heavy atom. The first-order valence-corrected chi connectivity index (χ1v) is 7.39.